The van der Waals surface area contributed by atoms with Crippen LogP contribution in [0.5, 0.6) is 5.75 Å². The Morgan fingerprint density at radius 2 is 1.89 bits per heavy atom. The number of carboxylic acids is 2. The van der Waals surface area contributed by atoms with Crippen LogP contribution in [0.1, 0.15) is 24.0 Å². The number of hydrogen-bond acceptors (Lipinski definition) is 3. The monoisotopic (exact) mass is 282 g/mol. The molecule has 0 unspecified atom stereocenters. The second-order valence-electron chi connectivity index (χ2n) is 3.56. The highest BCUT2D eigenvalue weighted by molar-refractivity contribution is 6.32. The molecule has 1 aromatic carbocycles. The molecule has 0 saturated carbocycles. The molecule has 0 radical (unpaired) electrons. The Morgan fingerprint density at radius 3 is 2.32 bits per heavy atom. The van der Waals surface area contributed by atoms with Crippen molar-refractivity contribution in [2.45, 2.75) is 12.8 Å². The predicted molar refractivity (Wildman–Crippen MR) is 68.6 cm³/mol. The fourth-order valence-electron chi connectivity index (χ4n) is 1.61. The van der Waals surface area contributed by atoms with E-state index in [1.807, 2.05) is 0 Å². The Bertz CT molecular complexity index is 569. The van der Waals surface area contributed by atoms with Crippen LogP contribution in [0.15, 0.2) is 12.1 Å². The van der Waals surface area contributed by atoms with E-state index in [0.29, 0.717) is 5.56 Å². The van der Waals surface area contributed by atoms with E-state index in [0.717, 1.165) is 0 Å². The molecule has 2 N–H and O–H groups in total. The molecule has 0 aliphatic rings. The van der Waals surface area contributed by atoms with E-state index in [2.05, 4.69) is 11.8 Å². The third kappa shape index (κ3) is 3.18. The van der Waals surface area contributed by atoms with Gasteiger partial charge in [-0.3, -0.25) is 9.59 Å². The van der Waals surface area contributed by atoms with Crippen LogP contribution in [-0.4, -0.2) is 29.3 Å². The first-order valence-electron chi connectivity index (χ1n) is 5.18. The summed E-state index contributed by atoms with van der Waals surface area (Å²) < 4.78 is 5.02. The van der Waals surface area contributed by atoms with E-state index in [1.165, 1.54) is 19.2 Å². The fraction of sp³-hybridized carbons (Fsp3) is 0.231. The van der Waals surface area contributed by atoms with E-state index in [9.17, 15) is 9.59 Å². The third-order valence-electron chi connectivity index (χ3n) is 2.36. The molecule has 0 heterocycles. The zero-order valence-corrected chi connectivity index (χ0v) is 11.0. The highest BCUT2D eigenvalue weighted by atomic mass is 35.5. The van der Waals surface area contributed by atoms with Crippen LogP contribution in [0.25, 0.3) is 0 Å². The van der Waals surface area contributed by atoms with Crippen molar-refractivity contribution in [2.75, 3.05) is 7.11 Å². The molecule has 100 valence electrons. The summed E-state index contributed by atoms with van der Waals surface area (Å²) in [6.07, 6.45) is 0. The summed E-state index contributed by atoms with van der Waals surface area (Å²) >= 11 is 5.96. The van der Waals surface area contributed by atoms with Gasteiger partial charge in [-0.1, -0.05) is 17.5 Å². The molecule has 0 aliphatic carbocycles. The maximum absolute atomic E-state index is 11.0. The second kappa shape index (κ2) is 6.12. The maximum Gasteiger partial charge on any atom is 0.322 e. The van der Waals surface area contributed by atoms with Crippen LogP contribution >= 0.6 is 11.6 Å². The second-order valence-corrected chi connectivity index (χ2v) is 3.97. The van der Waals surface area contributed by atoms with Gasteiger partial charge in [-0.15, -0.1) is 5.92 Å². The van der Waals surface area contributed by atoms with Crippen molar-refractivity contribution in [1.29, 1.82) is 0 Å². The number of hydrogen-bond donors (Lipinski definition) is 2. The number of ether oxygens (including phenoxy) is 1. The number of aliphatic carboxylic acids is 2. The van der Waals surface area contributed by atoms with E-state index in [4.69, 9.17) is 26.6 Å². The SMILES string of the molecule is CC#Cc1cc(Cl)c(C(C(=O)O)C(=O)O)c(OC)c1. The molecule has 0 aliphatic heterocycles. The Hall–Kier alpha value is -2.19. The van der Waals surface area contributed by atoms with Gasteiger partial charge < -0.3 is 14.9 Å². The summed E-state index contributed by atoms with van der Waals surface area (Å²) in [6.45, 7) is 1.63. The molecule has 1 rings (SSSR count). The minimum Gasteiger partial charge on any atom is -0.496 e. The van der Waals surface area contributed by atoms with Crippen LogP contribution in [0.3, 0.4) is 0 Å². The minimum atomic E-state index is -1.79. The van der Waals surface area contributed by atoms with Crippen molar-refractivity contribution < 1.29 is 24.5 Å². The number of methoxy groups -OCH3 is 1. The van der Waals surface area contributed by atoms with Crippen LogP contribution < -0.4 is 4.74 Å². The van der Waals surface area contributed by atoms with E-state index >= 15 is 0 Å². The van der Waals surface area contributed by atoms with Gasteiger partial charge in [-0.05, 0) is 19.1 Å². The lowest BCUT2D eigenvalue weighted by molar-refractivity contribution is -0.150. The molecule has 5 nitrogen and oxygen atoms in total. The number of carbonyl (C=O) groups is 2. The van der Waals surface area contributed by atoms with Gasteiger partial charge in [0.05, 0.1) is 12.1 Å². The van der Waals surface area contributed by atoms with Crippen LogP contribution in [0.2, 0.25) is 5.02 Å². The lowest BCUT2D eigenvalue weighted by atomic mass is 9.96. The number of rotatable bonds is 4. The van der Waals surface area contributed by atoms with Crippen LogP contribution in [0.4, 0.5) is 0 Å². The average molecular weight is 283 g/mol. The summed E-state index contributed by atoms with van der Waals surface area (Å²) in [7, 11) is 1.30. The fourth-order valence-corrected chi connectivity index (χ4v) is 1.93. The minimum absolute atomic E-state index is 0.00750. The van der Waals surface area contributed by atoms with Crippen molar-refractivity contribution in [3.05, 3.63) is 28.3 Å². The molecule has 0 atom stereocenters. The summed E-state index contributed by atoms with van der Waals surface area (Å²) in [5.74, 6) is 0.672. The molecular formula is C13H11ClO5. The molecule has 0 amide bonds. The number of halogens is 1. The van der Waals surface area contributed by atoms with Crippen LogP contribution in [0, 0.1) is 11.8 Å². The molecule has 0 aromatic heterocycles. The summed E-state index contributed by atoms with van der Waals surface area (Å²) in [5.41, 5.74) is 0.424. The summed E-state index contributed by atoms with van der Waals surface area (Å²) in [5, 5.41) is 18.0. The maximum atomic E-state index is 11.0. The van der Waals surface area contributed by atoms with Gasteiger partial charge in [0.2, 0.25) is 0 Å². The molecule has 1 aromatic rings. The molecule has 0 saturated heterocycles. The van der Waals surface area contributed by atoms with E-state index < -0.39 is 17.9 Å². The lowest BCUT2D eigenvalue weighted by Crippen LogP contribution is -2.22. The Morgan fingerprint density at radius 1 is 1.32 bits per heavy atom. The first kappa shape index (κ1) is 14.9. The smallest absolute Gasteiger partial charge is 0.322 e. The normalized spacial score (nSPS) is 9.68. The number of carboxylic acid groups (broad SMARTS) is 2. The number of benzene rings is 1. The van der Waals surface area contributed by atoms with Crippen molar-refractivity contribution >= 4 is 23.5 Å². The summed E-state index contributed by atoms with van der Waals surface area (Å²) in [6, 6.07) is 2.87. The van der Waals surface area contributed by atoms with Crippen LogP contribution in [-0.2, 0) is 9.59 Å². The third-order valence-corrected chi connectivity index (χ3v) is 2.68. The first-order chi connectivity index (χ1) is 8.92. The van der Waals surface area contributed by atoms with Gasteiger partial charge in [0.15, 0.2) is 5.92 Å². The zero-order valence-electron chi connectivity index (χ0n) is 10.2. The Balaban J connectivity index is 3.52. The Kier molecular flexibility index (Phi) is 4.79. The van der Waals surface area contributed by atoms with Crippen molar-refractivity contribution in [3.63, 3.8) is 0 Å². The predicted octanol–water partition coefficient (Wildman–Crippen LogP) is 1.97. The Labute approximate surface area is 114 Å². The molecule has 0 spiro atoms. The van der Waals surface area contributed by atoms with Gasteiger partial charge >= 0.3 is 11.9 Å². The van der Waals surface area contributed by atoms with Gasteiger partial charge in [-0.2, -0.15) is 0 Å². The topological polar surface area (TPSA) is 83.8 Å². The summed E-state index contributed by atoms with van der Waals surface area (Å²) in [4.78, 5) is 22.1. The average Bonchev–Trinajstić information content (AvgIpc) is 2.31. The highest BCUT2D eigenvalue weighted by Crippen LogP contribution is 2.35. The standard InChI is InChI=1S/C13H11ClO5/c1-3-4-7-5-8(14)10(9(6-7)19-2)11(12(15)16)13(17)18/h5-6,11H,1-2H3,(H,15,16)(H,17,18). The molecular weight excluding hydrogens is 272 g/mol. The molecule has 6 heteroatoms. The van der Waals surface area contributed by atoms with Gasteiger partial charge in [-0.25, -0.2) is 0 Å². The van der Waals surface area contributed by atoms with Crippen molar-refractivity contribution in [1.82, 2.24) is 0 Å². The van der Waals surface area contributed by atoms with E-state index in [1.54, 1.807) is 6.92 Å². The molecule has 0 fully saturated rings. The zero-order chi connectivity index (χ0) is 14.6. The van der Waals surface area contributed by atoms with Crippen molar-refractivity contribution in [3.8, 4) is 17.6 Å². The van der Waals surface area contributed by atoms with Gasteiger partial charge in [0.25, 0.3) is 0 Å². The first-order valence-corrected chi connectivity index (χ1v) is 5.56. The largest absolute Gasteiger partial charge is 0.496 e. The van der Waals surface area contributed by atoms with E-state index in [-0.39, 0.29) is 16.3 Å². The van der Waals surface area contributed by atoms with Gasteiger partial charge in [0.1, 0.15) is 5.75 Å². The van der Waals surface area contributed by atoms with Crippen molar-refractivity contribution in [2.24, 2.45) is 0 Å². The molecule has 19 heavy (non-hydrogen) atoms. The highest BCUT2D eigenvalue weighted by Gasteiger charge is 2.33. The lowest BCUT2D eigenvalue weighted by Gasteiger charge is -2.15. The molecule has 0 bridgehead atoms. The van der Waals surface area contributed by atoms with Gasteiger partial charge in [0, 0.05) is 11.1 Å². The quantitative estimate of drug-likeness (QED) is 0.651.